The average Bonchev–Trinajstić information content (AvgIpc) is 3.42. The van der Waals surface area contributed by atoms with E-state index >= 15 is 0 Å². The molecular weight excluding hydrogens is 459 g/mol. The van der Waals surface area contributed by atoms with Crippen LogP contribution in [0.5, 0.6) is 5.75 Å². The van der Waals surface area contributed by atoms with E-state index in [0.29, 0.717) is 28.4 Å². The Hall–Kier alpha value is -4.28. The van der Waals surface area contributed by atoms with E-state index in [1.165, 1.54) is 36.4 Å². The van der Waals surface area contributed by atoms with E-state index in [4.69, 9.17) is 4.52 Å². The Morgan fingerprint density at radius 2 is 1.68 bits per heavy atom. The molecule has 3 heterocycles. The van der Waals surface area contributed by atoms with Crippen LogP contribution >= 0.6 is 0 Å². The molecule has 0 atom stereocenters. The summed E-state index contributed by atoms with van der Waals surface area (Å²) >= 11 is 0. The molecule has 11 heteroatoms. The normalized spacial score (nSPS) is 11.8. The van der Waals surface area contributed by atoms with Crippen LogP contribution in [0, 0.1) is 11.6 Å². The van der Waals surface area contributed by atoms with Gasteiger partial charge in [0.2, 0.25) is 0 Å². The van der Waals surface area contributed by atoms with E-state index in [1.54, 1.807) is 29.1 Å². The second kappa shape index (κ2) is 8.25. The summed E-state index contributed by atoms with van der Waals surface area (Å²) in [7, 11) is 0. The van der Waals surface area contributed by atoms with Gasteiger partial charge < -0.3 is 13.8 Å². The Balaban J connectivity index is 1.34. The molecule has 0 radical (unpaired) electrons. The monoisotopic (exact) mass is 472 g/mol. The first kappa shape index (κ1) is 21.6. The largest absolute Gasteiger partial charge is 0.573 e. The van der Waals surface area contributed by atoms with Gasteiger partial charge in [-0.3, -0.25) is 0 Å². The van der Waals surface area contributed by atoms with E-state index < -0.39 is 18.0 Å². The van der Waals surface area contributed by atoms with Gasteiger partial charge in [0.25, 0.3) is 0 Å². The minimum Gasteiger partial charge on any atom is -0.406 e. The Kier molecular flexibility index (Phi) is 5.23. The first-order valence-electron chi connectivity index (χ1n) is 9.85. The smallest absolute Gasteiger partial charge is 0.406 e. The van der Waals surface area contributed by atoms with Crippen LogP contribution in [0.2, 0.25) is 0 Å². The minimum absolute atomic E-state index is 0.0331. The van der Waals surface area contributed by atoms with Crippen molar-refractivity contribution in [1.82, 2.24) is 19.7 Å². The van der Waals surface area contributed by atoms with E-state index in [-0.39, 0.29) is 23.7 Å². The van der Waals surface area contributed by atoms with Crippen LogP contribution in [0.15, 0.2) is 71.5 Å². The van der Waals surface area contributed by atoms with Crippen molar-refractivity contribution in [3.63, 3.8) is 0 Å². The van der Waals surface area contributed by atoms with Gasteiger partial charge in [-0.25, -0.2) is 18.7 Å². The lowest BCUT2D eigenvalue weighted by molar-refractivity contribution is -0.274. The Labute approximate surface area is 188 Å². The second-order valence-corrected chi connectivity index (χ2v) is 7.29. The van der Waals surface area contributed by atoms with Crippen molar-refractivity contribution in [3.05, 3.63) is 84.4 Å². The highest BCUT2D eigenvalue weighted by molar-refractivity contribution is 5.66. The van der Waals surface area contributed by atoms with Gasteiger partial charge >= 0.3 is 6.36 Å². The Bertz CT molecular complexity index is 1430. The molecule has 5 rings (SSSR count). The zero-order chi connectivity index (χ0) is 23.9. The predicted octanol–water partition coefficient (Wildman–Crippen LogP) is 5.93. The molecule has 0 spiro atoms. The molecule has 0 N–H and O–H groups in total. The number of nitrogens with zero attached hydrogens (tertiary/aromatic N) is 4. The first-order chi connectivity index (χ1) is 16.2. The van der Waals surface area contributed by atoms with Crippen molar-refractivity contribution in [3.8, 4) is 39.8 Å². The minimum atomic E-state index is -4.76. The fourth-order valence-electron chi connectivity index (χ4n) is 3.38. The number of imidazole rings is 1. The summed E-state index contributed by atoms with van der Waals surface area (Å²) in [5.74, 6) is -1.78. The summed E-state index contributed by atoms with van der Waals surface area (Å²) in [4.78, 5) is 8.56. The average molecular weight is 472 g/mol. The van der Waals surface area contributed by atoms with Crippen LogP contribution in [0.25, 0.3) is 34.0 Å². The lowest BCUT2D eigenvalue weighted by atomic mass is 10.1. The number of hydrogen-bond acceptors (Lipinski definition) is 5. The van der Waals surface area contributed by atoms with E-state index in [2.05, 4.69) is 19.9 Å². The van der Waals surface area contributed by atoms with Crippen molar-refractivity contribution in [2.45, 2.75) is 12.9 Å². The molecule has 2 aromatic carbocycles. The molecule has 172 valence electrons. The van der Waals surface area contributed by atoms with Crippen molar-refractivity contribution in [1.29, 1.82) is 0 Å². The summed E-state index contributed by atoms with van der Waals surface area (Å²) < 4.78 is 75.5. The number of hydrogen-bond donors (Lipinski definition) is 0. The SMILES string of the molecule is Fc1cccc(-c2nc3ccn(Cc4cc(-c5ccc(OC(F)(F)F)cc5)no4)cc-3n2)c1F. The summed E-state index contributed by atoms with van der Waals surface area (Å²) in [6.45, 7) is 0.273. The molecule has 0 unspecified atom stereocenters. The van der Waals surface area contributed by atoms with Gasteiger partial charge in [-0.1, -0.05) is 11.2 Å². The number of fused-ring (bicyclic) bond motifs is 1. The number of rotatable bonds is 5. The molecule has 3 aromatic rings. The molecule has 34 heavy (non-hydrogen) atoms. The molecule has 0 aliphatic carbocycles. The Morgan fingerprint density at radius 3 is 2.44 bits per heavy atom. The van der Waals surface area contributed by atoms with Crippen molar-refractivity contribution in [2.75, 3.05) is 0 Å². The summed E-state index contributed by atoms with van der Waals surface area (Å²) in [6, 6.07) is 12.4. The number of halogens is 5. The number of aromatic nitrogens is 4. The molecule has 0 fully saturated rings. The number of ether oxygens (including phenoxy) is 1. The fourth-order valence-corrected chi connectivity index (χ4v) is 3.38. The molecule has 1 aromatic heterocycles. The van der Waals surface area contributed by atoms with Crippen molar-refractivity contribution < 1.29 is 31.2 Å². The first-order valence-corrected chi connectivity index (χ1v) is 9.85. The highest BCUT2D eigenvalue weighted by Gasteiger charge is 2.31. The molecule has 2 aliphatic heterocycles. The van der Waals surface area contributed by atoms with E-state index in [9.17, 15) is 22.0 Å². The molecule has 0 saturated carbocycles. The van der Waals surface area contributed by atoms with Crippen LogP contribution in [0.3, 0.4) is 0 Å². The molecule has 0 bridgehead atoms. The standard InChI is InChI=1S/C23H13F5N4O2/c24-17-3-1-2-16(21(17)25)22-29-18-8-9-32(12-20(18)30-22)11-15-10-19(31-34-15)13-4-6-14(7-5-13)33-23(26,27)28/h1-10,12H,11H2. The third-order valence-electron chi connectivity index (χ3n) is 4.90. The van der Waals surface area contributed by atoms with Crippen LogP contribution in [0.1, 0.15) is 5.76 Å². The lowest BCUT2D eigenvalue weighted by Crippen LogP contribution is -2.16. The lowest BCUT2D eigenvalue weighted by Gasteiger charge is -2.08. The van der Waals surface area contributed by atoms with Gasteiger partial charge in [0, 0.05) is 24.0 Å². The fraction of sp³-hybridized carbons (Fsp3) is 0.0870. The Morgan fingerprint density at radius 1 is 0.912 bits per heavy atom. The molecule has 2 aliphatic rings. The number of pyridine rings is 1. The van der Waals surface area contributed by atoms with Gasteiger partial charge in [0.1, 0.15) is 17.1 Å². The van der Waals surface area contributed by atoms with Crippen molar-refractivity contribution >= 4 is 0 Å². The van der Waals surface area contributed by atoms with E-state index in [0.717, 1.165) is 6.07 Å². The number of alkyl halides is 3. The molecule has 0 amide bonds. The zero-order valence-electron chi connectivity index (χ0n) is 17.1. The van der Waals surface area contributed by atoms with Crippen LogP contribution < -0.4 is 4.74 Å². The summed E-state index contributed by atoms with van der Waals surface area (Å²) in [6.07, 6.45) is -1.37. The molecular formula is C23H13F5N4O2. The quantitative estimate of drug-likeness (QED) is 0.297. The summed E-state index contributed by atoms with van der Waals surface area (Å²) in [5, 5.41) is 3.95. The summed E-state index contributed by atoms with van der Waals surface area (Å²) in [5.41, 5.74) is 1.94. The predicted molar refractivity (Wildman–Crippen MR) is 110 cm³/mol. The van der Waals surface area contributed by atoms with E-state index in [1.807, 2.05) is 0 Å². The van der Waals surface area contributed by atoms with Gasteiger partial charge in [-0.15, -0.1) is 13.2 Å². The maximum absolute atomic E-state index is 14.1. The second-order valence-electron chi connectivity index (χ2n) is 7.29. The zero-order valence-corrected chi connectivity index (χ0v) is 17.1. The third-order valence-corrected chi connectivity index (χ3v) is 4.90. The van der Waals surface area contributed by atoms with Crippen LogP contribution in [-0.4, -0.2) is 26.1 Å². The van der Waals surface area contributed by atoms with Crippen molar-refractivity contribution in [2.24, 2.45) is 0 Å². The van der Waals surface area contributed by atoms with Gasteiger partial charge in [0.05, 0.1) is 17.8 Å². The maximum Gasteiger partial charge on any atom is 0.573 e. The molecule has 0 saturated heterocycles. The highest BCUT2D eigenvalue weighted by Crippen LogP contribution is 2.29. The van der Waals surface area contributed by atoms with Gasteiger partial charge in [-0.05, 0) is 42.5 Å². The number of benzene rings is 2. The van der Waals surface area contributed by atoms with Gasteiger partial charge in [0.15, 0.2) is 23.2 Å². The molecule has 6 nitrogen and oxygen atoms in total. The van der Waals surface area contributed by atoms with Crippen LogP contribution in [-0.2, 0) is 6.54 Å². The van der Waals surface area contributed by atoms with Crippen LogP contribution in [0.4, 0.5) is 22.0 Å². The van der Waals surface area contributed by atoms with Gasteiger partial charge in [-0.2, -0.15) is 0 Å². The topological polar surface area (TPSA) is 66.0 Å². The third kappa shape index (κ3) is 4.45. The maximum atomic E-state index is 14.1. The highest BCUT2D eigenvalue weighted by atomic mass is 19.4.